The number of halogens is 3. The molecule has 1 amide bonds. The van der Waals surface area contributed by atoms with Crippen molar-refractivity contribution in [3.8, 4) is 0 Å². The van der Waals surface area contributed by atoms with Crippen molar-refractivity contribution in [1.82, 2.24) is 5.32 Å². The maximum Gasteiger partial charge on any atom is 0.416 e. The summed E-state index contributed by atoms with van der Waals surface area (Å²) in [5.41, 5.74) is 4.63. The molecule has 88 valence electrons. The van der Waals surface area contributed by atoms with E-state index in [-0.39, 0.29) is 6.54 Å². The van der Waals surface area contributed by atoms with E-state index in [2.05, 4.69) is 5.32 Å². The third kappa shape index (κ3) is 2.82. The largest absolute Gasteiger partial charge is 0.416 e. The number of hydrogen-bond donors (Lipinski definition) is 3. The molecule has 0 aromatic heterocycles. The zero-order chi connectivity index (χ0) is 11.7. The van der Waals surface area contributed by atoms with Crippen molar-refractivity contribution in [2.45, 2.75) is 25.1 Å². The molecule has 1 aliphatic rings. The van der Waals surface area contributed by atoms with Crippen LogP contribution in [-0.2, 0) is 4.79 Å². The Morgan fingerprint density at radius 3 is 2.40 bits per heavy atom. The number of alkyl halides is 3. The van der Waals surface area contributed by atoms with Gasteiger partial charge in [0, 0.05) is 6.54 Å². The number of nitrogens with one attached hydrogen (secondary N) is 1. The average molecular weight is 226 g/mol. The van der Waals surface area contributed by atoms with E-state index in [0.717, 1.165) is 0 Å². The van der Waals surface area contributed by atoms with Crippen LogP contribution in [0, 0.1) is 5.41 Å². The minimum Gasteiger partial charge on any atom is -0.382 e. The van der Waals surface area contributed by atoms with Crippen LogP contribution in [0.4, 0.5) is 13.2 Å². The van der Waals surface area contributed by atoms with Crippen LogP contribution in [0.25, 0.3) is 0 Å². The SMILES string of the molecule is NCC1(C(=O)NCC(O)C(F)(F)F)CC1. The molecule has 0 aromatic rings. The highest BCUT2D eigenvalue weighted by molar-refractivity contribution is 5.85. The molecule has 0 radical (unpaired) electrons. The Hall–Kier alpha value is -0.820. The molecule has 15 heavy (non-hydrogen) atoms. The Labute approximate surface area is 84.6 Å². The Morgan fingerprint density at radius 2 is 2.07 bits per heavy atom. The highest BCUT2D eigenvalue weighted by atomic mass is 19.4. The monoisotopic (exact) mass is 226 g/mol. The summed E-state index contributed by atoms with van der Waals surface area (Å²) in [6, 6.07) is 0. The zero-order valence-electron chi connectivity index (χ0n) is 7.97. The fourth-order valence-corrected chi connectivity index (χ4v) is 1.17. The lowest BCUT2D eigenvalue weighted by Crippen LogP contribution is -2.44. The minimum absolute atomic E-state index is 0.126. The number of amides is 1. The first-order valence-corrected chi connectivity index (χ1v) is 4.55. The molecule has 0 heterocycles. The lowest BCUT2D eigenvalue weighted by molar-refractivity contribution is -0.202. The van der Waals surface area contributed by atoms with Crippen LogP contribution >= 0.6 is 0 Å². The van der Waals surface area contributed by atoms with Crippen molar-refractivity contribution in [2.24, 2.45) is 11.1 Å². The summed E-state index contributed by atoms with van der Waals surface area (Å²) in [5, 5.41) is 10.7. The highest BCUT2D eigenvalue weighted by Gasteiger charge is 2.49. The predicted octanol–water partition coefficient (Wildman–Crippen LogP) is -0.235. The number of carbonyl (C=O) groups is 1. The van der Waals surface area contributed by atoms with Gasteiger partial charge >= 0.3 is 6.18 Å². The van der Waals surface area contributed by atoms with Crippen molar-refractivity contribution < 1.29 is 23.1 Å². The van der Waals surface area contributed by atoms with Crippen LogP contribution < -0.4 is 11.1 Å². The molecule has 0 aliphatic heterocycles. The minimum atomic E-state index is -4.70. The van der Waals surface area contributed by atoms with Crippen LogP contribution in [-0.4, -0.2) is 36.4 Å². The van der Waals surface area contributed by atoms with Gasteiger partial charge in [-0.2, -0.15) is 13.2 Å². The first kappa shape index (κ1) is 12.3. The molecular formula is C8H13F3N2O2. The van der Waals surface area contributed by atoms with Gasteiger partial charge < -0.3 is 16.2 Å². The molecule has 1 rings (SSSR count). The molecule has 0 saturated heterocycles. The van der Waals surface area contributed by atoms with Gasteiger partial charge in [0.25, 0.3) is 0 Å². The second kappa shape index (κ2) is 3.97. The maximum absolute atomic E-state index is 11.9. The van der Waals surface area contributed by atoms with Crippen LogP contribution in [0.2, 0.25) is 0 Å². The summed E-state index contributed by atoms with van der Waals surface area (Å²) < 4.78 is 35.6. The molecular weight excluding hydrogens is 213 g/mol. The molecule has 1 saturated carbocycles. The van der Waals surface area contributed by atoms with Gasteiger partial charge in [0.2, 0.25) is 5.91 Å². The third-order valence-corrected chi connectivity index (χ3v) is 2.56. The number of aliphatic hydroxyl groups is 1. The van der Waals surface area contributed by atoms with Gasteiger partial charge in [-0.3, -0.25) is 4.79 Å². The Morgan fingerprint density at radius 1 is 1.53 bits per heavy atom. The quantitative estimate of drug-likeness (QED) is 0.619. The molecule has 1 aliphatic carbocycles. The van der Waals surface area contributed by atoms with E-state index >= 15 is 0 Å². The maximum atomic E-state index is 11.9. The molecule has 1 fully saturated rings. The Balaban J connectivity index is 2.35. The van der Waals surface area contributed by atoms with Crippen molar-refractivity contribution >= 4 is 5.91 Å². The van der Waals surface area contributed by atoms with Crippen molar-refractivity contribution in [2.75, 3.05) is 13.1 Å². The first-order chi connectivity index (χ1) is 6.82. The summed E-state index contributed by atoms with van der Waals surface area (Å²) >= 11 is 0. The highest BCUT2D eigenvalue weighted by Crippen LogP contribution is 2.44. The first-order valence-electron chi connectivity index (χ1n) is 4.55. The van der Waals surface area contributed by atoms with E-state index in [0.29, 0.717) is 12.8 Å². The summed E-state index contributed by atoms with van der Waals surface area (Å²) in [7, 11) is 0. The number of aliphatic hydroxyl groups excluding tert-OH is 1. The molecule has 0 aromatic carbocycles. The second-order valence-corrected chi connectivity index (χ2v) is 3.75. The van der Waals surface area contributed by atoms with E-state index in [1.54, 1.807) is 0 Å². The van der Waals surface area contributed by atoms with E-state index in [1.165, 1.54) is 0 Å². The fraction of sp³-hybridized carbons (Fsp3) is 0.875. The summed E-state index contributed by atoms with van der Waals surface area (Å²) in [6.07, 6.45) is -6.03. The van der Waals surface area contributed by atoms with Gasteiger partial charge in [-0.1, -0.05) is 0 Å². The number of carbonyl (C=O) groups excluding carboxylic acids is 1. The molecule has 0 spiro atoms. The van der Waals surface area contributed by atoms with E-state index in [9.17, 15) is 18.0 Å². The lowest BCUT2D eigenvalue weighted by atomic mass is 10.1. The fourth-order valence-electron chi connectivity index (χ4n) is 1.17. The van der Waals surface area contributed by atoms with Gasteiger partial charge in [-0.15, -0.1) is 0 Å². The van der Waals surface area contributed by atoms with E-state index < -0.39 is 30.1 Å². The summed E-state index contributed by atoms with van der Waals surface area (Å²) in [4.78, 5) is 11.3. The van der Waals surface area contributed by atoms with Gasteiger partial charge in [-0.25, -0.2) is 0 Å². The summed E-state index contributed by atoms with van der Waals surface area (Å²) in [6.45, 7) is -0.689. The van der Waals surface area contributed by atoms with Gasteiger partial charge in [0.05, 0.1) is 12.0 Å². The van der Waals surface area contributed by atoms with Crippen LogP contribution in [0.15, 0.2) is 0 Å². The topological polar surface area (TPSA) is 75.4 Å². The van der Waals surface area contributed by atoms with Crippen LogP contribution in [0.1, 0.15) is 12.8 Å². The van der Waals surface area contributed by atoms with Crippen LogP contribution in [0.5, 0.6) is 0 Å². The third-order valence-electron chi connectivity index (χ3n) is 2.56. The normalized spacial score (nSPS) is 20.9. The predicted molar refractivity (Wildman–Crippen MR) is 45.8 cm³/mol. The molecule has 7 heteroatoms. The average Bonchev–Trinajstić information content (AvgIpc) is 2.92. The van der Waals surface area contributed by atoms with Crippen LogP contribution in [0.3, 0.4) is 0 Å². The number of rotatable bonds is 4. The molecule has 0 bridgehead atoms. The van der Waals surface area contributed by atoms with Crippen molar-refractivity contribution in [3.05, 3.63) is 0 Å². The molecule has 4 N–H and O–H groups in total. The summed E-state index contributed by atoms with van der Waals surface area (Å²) in [5.74, 6) is -0.506. The standard InChI is InChI=1S/C8H13F3N2O2/c9-8(10,11)5(14)3-13-6(15)7(4-12)1-2-7/h5,14H,1-4,12H2,(H,13,15). The van der Waals surface area contributed by atoms with Crippen molar-refractivity contribution in [1.29, 1.82) is 0 Å². The zero-order valence-corrected chi connectivity index (χ0v) is 7.97. The Bertz CT molecular complexity index is 251. The second-order valence-electron chi connectivity index (χ2n) is 3.75. The smallest absolute Gasteiger partial charge is 0.382 e. The number of nitrogens with two attached hydrogens (primary N) is 1. The number of hydrogen-bond acceptors (Lipinski definition) is 3. The van der Waals surface area contributed by atoms with Gasteiger partial charge in [-0.05, 0) is 12.8 Å². The molecule has 1 unspecified atom stereocenters. The van der Waals surface area contributed by atoms with E-state index in [1.807, 2.05) is 0 Å². The van der Waals surface area contributed by atoms with Crippen molar-refractivity contribution in [3.63, 3.8) is 0 Å². The lowest BCUT2D eigenvalue weighted by Gasteiger charge is -2.17. The Kier molecular flexibility index (Phi) is 3.25. The van der Waals surface area contributed by atoms with Gasteiger partial charge in [0.1, 0.15) is 0 Å². The van der Waals surface area contributed by atoms with Gasteiger partial charge in [0.15, 0.2) is 6.10 Å². The molecule has 1 atom stereocenters. The van der Waals surface area contributed by atoms with E-state index in [4.69, 9.17) is 10.8 Å². The molecule has 4 nitrogen and oxygen atoms in total.